The maximum absolute atomic E-state index is 6.10. The molecule has 0 spiro atoms. The van der Waals surface area contributed by atoms with Crippen molar-refractivity contribution in [2.45, 2.75) is 226 Å². The summed E-state index contributed by atoms with van der Waals surface area (Å²) in [7, 11) is 2.52. The van der Waals surface area contributed by atoms with Crippen molar-refractivity contribution in [3.05, 3.63) is 0 Å². The van der Waals surface area contributed by atoms with Gasteiger partial charge in [-0.25, -0.2) is 0 Å². The quantitative estimate of drug-likeness (QED) is 0.0372. The van der Waals surface area contributed by atoms with E-state index >= 15 is 0 Å². The fourth-order valence-corrected chi connectivity index (χ4v) is 6.98. The summed E-state index contributed by atoms with van der Waals surface area (Å²) in [5.41, 5.74) is 0. The molecule has 42 heavy (non-hydrogen) atoms. The largest absolute Gasteiger partial charge is 0.326 e. The van der Waals surface area contributed by atoms with Gasteiger partial charge in [-0.1, -0.05) is 194 Å². The highest BCUT2D eigenvalue weighted by Gasteiger charge is 2.20. The van der Waals surface area contributed by atoms with Crippen molar-refractivity contribution in [1.82, 2.24) is 0 Å². The van der Waals surface area contributed by atoms with Crippen molar-refractivity contribution >= 4 is 11.6 Å². The van der Waals surface area contributed by atoms with Crippen LogP contribution in [0.5, 0.6) is 0 Å². The van der Waals surface area contributed by atoms with Gasteiger partial charge in [-0.15, -0.1) is 11.6 Å². The third-order valence-corrected chi connectivity index (χ3v) is 10.2. The molecule has 0 aromatic rings. The van der Waals surface area contributed by atoms with E-state index in [0.717, 1.165) is 5.88 Å². The molecule has 0 aliphatic rings. The Labute approximate surface area is 273 Å². The minimum atomic E-state index is 0.825. The summed E-state index contributed by atoms with van der Waals surface area (Å²) >= 11 is 6.10. The number of hydrogen-bond donors (Lipinski definition) is 0. The second kappa shape index (κ2) is 35.7. The van der Waals surface area contributed by atoms with E-state index in [4.69, 9.17) is 11.6 Å². The molecule has 0 unspecified atom stereocenters. The minimum Gasteiger partial charge on any atom is -0.326 e. The van der Waals surface area contributed by atoms with Crippen LogP contribution in [0.25, 0.3) is 0 Å². The van der Waals surface area contributed by atoms with Crippen LogP contribution in [0.15, 0.2) is 0 Å². The van der Waals surface area contributed by atoms with E-state index in [9.17, 15) is 0 Å². The lowest BCUT2D eigenvalue weighted by Crippen LogP contribution is -2.46. The van der Waals surface area contributed by atoms with Gasteiger partial charge >= 0.3 is 0 Å². The molecule has 0 N–H and O–H groups in total. The summed E-state index contributed by atoms with van der Waals surface area (Å²) in [4.78, 5) is 0. The molecule has 0 amide bonds. The molecule has 0 aliphatic heterocycles. The molecule has 0 heterocycles. The molecule has 0 aromatic heterocycles. The molecule has 0 bridgehead atoms. The van der Waals surface area contributed by atoms with Crippen molar-refractivity contribution < 1.29 is 4.48 Å². The molecule has 2 heteroatoms. The molecular weight excluding hydrogens is 530 g/mol. The van der Waals surface area contributed by atoms with Gasteiger partial charge in [-0.2, -0.15) is 0 Å². The van der Waals surface area contributed by atoms with Crippen LogP contribution in [0.3, 0.4) is 0 Å². The molecule has 0 saturated carbocycles. The van der Waals surface area contributed by atoms with Crippen LogP contribution in [-0.2, 0) is 0 Å². The van der Waals surface area contributed by atoms with Crippen LogP contribution in [0.4, 0.5) is 0 Å². The smallest absolute Gasteiger partial charge is 0.0796 e. The standard InChI is InChI=1S/C40H83ClN/c1-4-6-8-10-12-14-16-18-20-22-24-26-28-30-32-34-38-42(3,40-36-37-41)39-35-33-31-29-27-25-23-21-19-17-15-13-11-9-7-5-2/h4-40H2,1-3H3/q+1. The maximum Gasteiger partial charge on any atom is 0.0796 e. The lowest BCUT2D eigenvalue weighted by atomic mass is 10.0. The van der Waals surface area contributed by atoms with Crippen LogP contribution in [0, 0.1) is 0 Å². The zero-order chi connectivity index (χ0) is 30.7. The van der Waals surface area contributed by atoms with Crippen LogP contribution in [0.1, 0.15) is 226 Å². The monoisotopic (exact) mass is 613 g/mol. The SMILES string of the molecule is CCCCCCCCCCCCCCCCCC[N+](C)(CCCCl)CCCCCCCCCCCCCCCCCC. The van der Waals surface area contributed by atoms with Gasteiger partial charge in [-0.05, 0) is 25.7 Å². The van der Waals surface area contributed by atoms with Gasteiger partial charge < -0.3 is 4.48 Å². The average molecular weight is 614 g/mol. The Hall–Kier alpha value is 0.250. The first-order valence-electron chi connectivity index (χ1n) is 20.1. The second-order valence-corrected chi connectivity index (χ2v) is 14.8. The predicted octanol–water partition coefficient (Wildman–Crippen LogP) is 14.6. The van der Waals surface area contributed by atoms with Gasteiger partial charge in [0.1, 0.15) is 0 Å². The summed E-state index contributed by atoms with van der Waals surface area (Å²) in [5, 5.41) is 0. The highest BCUT2D eigenvalue weighted by molar-refractivity contribution is 6.17. The highest BCUT2D eigenvalue weighted by atomic mass is 35.5. The third-order valence-electron chi connectivity index (χ3n) is 9.93. The number of nitrogens with zero attached hydrogens (tertiary/aromatic N) is 1. The van der Waals surface area contributed by atoms with E-state index in [0.29, 0.717) is 0 Å². The van der Waals surface area contributed by atoms with Crippen molar-refractivity contribution in [3.63, 3.8) is 0 Å². The normalized spacial score (nSPS) is 12.0. The minimum absolute atomic E-state index is 0.825. The Morgan fingerprint density at radius 2 is 0.476 bits per heavy atom. The van der Waals surface area contributed by atoms with E-state index in [1.807, 2.05) is 0 Å². The zero-order valence-electron chi connectivity index (χ0n) is 30.0. The molecule has 0 aliphatic carbocycles. The van der Waals surface area contributed by atoms with E-state index in [2.05, 4.69) is 20.9 Å². The van der Waals surface area contributed by atoms with Crippen LogP contribution >= 0.6 is 11.6 Å². The van der Waals surface area contributed by atoms with Gasteiger partial charge in [0, 0.05) is 12.3 Å². The molecular formula is C40H83ClN+. The van der Waals surface area contributed by atoms with Gasteiger partial charge in [0.2, 0.25) is 0 Å². The Morgan fingerprint density at radius 3 is 0.690 bits per heavy atom. The fraction of sp³-hybridized carbons (Fsp3) is 1.00. The number of hydrogen-bond acceptors (Lipinski definition) is 0. The molecule has 0 fully saturated rings. The third kappa shape index (κ3) is 33.1. The summed E-state index contributed by atoms with van der Waals surface area (Å²) in [5.74, 6) is 0.825. The van der Waals surface area contributed by atoms with Crippen molar-refractivity contribution in [2.75, 3.05) is 32.6 Å². The summed E-state index contributed by atoms with van der Waals surface area (Å²) in [6.07, 6.45) is 47.8. The number of halogens is 1. The molecule has 0 saturated heterocycles. The lowest BCUT2D eigenvalue weighted by Gasteiger charge is -2.35. The number of unbranched alkanes of at least 4 members (excludes halogenated alkanes) is 30. The first-order valence-corrected chi connectivity index (χ1v) is 20.6. The van der Waals surface area contributed by atoms with Crippen LogP contribution in [-0.4, -0.2) is 37.0 Å². The first kappa shape index (κ1) is 42.2. The zero-order valence-corrected chi connectivity index (χ0v) is 30.7. The topological polar surface area (TPSA) is 0 Å². The summed E-state index contributed by atoms with van der Waals surface area (Å²) in [6.45, 7) is 8.63. The van der Waals surface area contributed by atoms with E-state index < -0.39 is 0 Å². The summed E-state index contributed by atoms with van der Waals surface area (Å²) < 4.78 is 1.27. The lowest BCUT2D eigenvalue weighted by molar-refractivity contribution is -0.910. The Morgan fingerprint density at radius 1 is 0.286 bits per heavy atom. The number of quaternary nitrogens is 1. The highest BCUT2D eigenvalue weighted by Crippen LogP contribution is 2.17. The van der Waals surface area contributed by atoms with Crippen molar-refractivity contribution in [2.24, 2.45) is 0 Å². The molecule has 254 valence electrons. The van der Waals surface area contributed by atoms with Gasteiger partial charge in [0.15, 0.2) is 0 Å². The maximum atomic E-state index is 6.10. The number of alkyl halides is 1. The molecule has 1 nitrogen and oxygen atoms in total. The van der Waals surface area contributed by atoms with Crippen molar-refractivity contribution in [3.8, 4) is 0 Å². The Balaban J connectivity index is 3.58. The number of rotatable bonds is 37. The van der Waals surface area contributed by atoms with Crippen LogP contribution in [0.2, 0.25) is 0 Å². The molecule has 0 rings (SSSR count). The molecule has 0 aromatic carbocycles. The Kier molecular flexibility index (Phi) is 35.9. The van der Waals surface area contributed by atoms with E-state index in [-0.39, 0.29) is 0 Å². The average Bonchev–Trinajstić information content (AvgIpc) is 2.99. The van der Waals surface area contributed by atoms with Gasteiger partial charge in [0.05, 0.1) is 26.7 Å². The predicted molar refractivity (Wildman–Crippen MR) is 195 cm³/mol. The van der Waals surface area contributed by atoms with Crippen molar-refractivity contribution in [1.29, 1.82) is 0 Å². The fourth-order valence-electron chi connectivity index (χ4n) is 6.86. The van der Waals surface area contributed by atoms with Crippen LogP contribution < -0.4 is 0 Å². The first-order chi connectivity index (χ1) is 20.7. The summed E-state index contributed by atoms with van der Waals surface area (Å²) in [6, 6.07) is 0. The van der Waals surface area contributed by atoms with E-state index in [1.165, 1.54) is 236 Å². The van der Waals surface area contributed by atoms with Gasteiger partial charge in [-0.3, -0.25) is 0 Å². The van der Waals surface area contributed by atoms with E-state index in [1.54, 1.807) is 0 Å². The van der Waals surface area contributed by atoms with Gasteiger partial charge in [0.25, 0.3) is 0 Å². The molecule has 0 atom stereocenters. The second-order valence-electron chi connectivity index (χ2n) is 14.4. The Bertz CT molecular complexity index is 442. The molecule has 0 radical (unpaired) electrons.